The molecule has 0 aliphatic carbocycles. The third-order valence-corrected chi connectivity index (χ3v) is 4.86. The van der Waals surface area contributed by atoms with Crippen molar-refractivity contribution < 1.29 is 24.5 Å². The van der Waals surface area contributed by atoms with Crippen molar-refractivity contribution in [2.45, 2.75) is 32.7 Å². The van der Waals surface area contributed by atoms with E-state index in [1.807, 2.05) is 13.0 Å². The second-order valence-corrected chi connectivity index (χ2v) is 7.54. The summed E-state index contributed by atoms with van der Waals surface area (Å²) in [5.74, 6) is -1.39. The van der Waals surface area contributed by atoms with Gasteiger partial charge in [-0.2, -0.15) is 10.1 Å². The van der Waals surface area contributed by atoms with Crippen LogP contribution >= 0.6 is 0 Å². The Kier molecular flexibility index (Phi) is 11.8. The van der Waals surface area contributed by atoms with Crippen LogP contribution in [0.5, 0.6) is 5.88 Å². The quantitative estimate of drug-likeness (QED) is 0.333. The lowest BCUT2D eigenvalue weighted by Gasteiger charge is -2.34. The molecule has 1 fully saturated rings. The molecule has 35 heavy (non-hydrogen) atoms. The molecule has 2 N–H and O–H groups in total. The Morgan fingerprint density at radius 1 is 1.03 bits per heavy atom. The lowest BCUT2D eigenvalue weighted by Crippen LogP contribution is -2.47. The van der Waals surface area contributed by atoms with Crippen LogP contribution < -0.4 is 15.3 Å². The Labute approximate surface area is 202 Å². The smallest absolute Gasteiger partial charge is 0.367 e. The first-order chi connectivity index (χ1) is 16.9. The number of nitrogens with zero attached hydrogens (tertiary/aromatic N) is 7. The summed E-state index contributed by atoms with van der Waals surface area (Å²) < 4.78 is 6.91. The molecule has 2 aromatic heterocycles. The molecule has 0 amide bonds. The van der Waals surface area contributed by atoms with Gasteiger partial charge in [0.25, 0.3) is 0 Å². The zero-order valence-corrected chi connectivity index (χ0v) is 19.7. The van der Waals surface area contributed by atoms with Crippen molar-refractivity contribution in [1.82, 2.24) is 29.6 Å². The molecule has 13 heteroatoms. The second-order valence-electron chi connectivity index (χ2n) is 7.54. The Morgan fingerprint density at radius 3 is 2.26 bits per heavy atom. The van der Waals surface area contributed by atoms with E-state index in [1.165, 1.54) is 10.9 Å². The molecule has 0 aromatic carbocycles. The zero-order chi connectivity index (χ0) is 25.5. The van der Waals surface area contributed by atoms with E-state index in [2.05, 4.69) is 29.9 Å². The maximum absolute atomic E-state index is 11.7. The van der Waals surface area contributed by atoms with Gasteiger partial charge in [-0.15, -0.1) is 0 Å². The topological polar surface area (TPSA) is 164 Å². The predicted molar refractivity (Wildman–Crippen MR) is 126 cm³/mol. The Morgan fingerprint density at radius 2 is 1.69 bits per heavy atom. The van der Waals surface area contributed by atoms with Crippen molar-refractivity contribution in [3.63, 3.8) is 0 Å². The summed E-state index contributed by atoms with van der Waals surface area (Å²) in [4.78, 5) is 48.1. The maximum atomic E-state index is 11.7. The number of carbonyl (C=O) groups is 2. The van der Waals surface area contributed by atoms with Gasteiger partial charge in [0.1, 0.15) is 6.20 Å². The molecule has 3 rings (SSSR count). The summed E-state index contributed by atoms with van der Waals surface area (Å²) in [5, 5.41) is 19.7. The fourth-order valence-electron chi connectivity index (χ4n) is 3.17. The van der Waals surface area contributed by atoms with Gasteiger partial charge in [0, 0.05) is 57.3 Å². The van der Waals surface area contributed by atoms with Crippen LogP contribution in [0.25, 0.3) is 0 Å². The number of aliphatic carboxylic acids is 2. The van der Waals surface area contributed by atoms with Gasteiger partial charge in [0.05, 0.1) is 6.61 Å². The van der Waals surface area contributed by atoms with Crippen molar-refractivity contribution in [2.75, 3.05) is 44.2 Å². The Bertz CT molecular complexity index is 991. The molecule has 3 heterocycles. The van der Waals surface area contributed by atoms with Crippen LogP contribution in [0.3, 0.4) is 0 Å². The van der Waals surface area contributed by atoms with Crippen LogP contribution in [0.15, 0.2) is 41.6 Å². The van der Waals surface area contributed by atoms with E-state index >= 15 is 0 Å². The molecule has 1 aliphatic rings. The van der Waals surface area contributed by atoms with Crippen molar-refractivity contribution in [1.29, 1.82) is 0 Å². The van der Waals surface area contributed by atoms with E-state index in [9.17, 15) is 14.4 Å². The SMILES string of the molecule is CCCn1ncc(OCCCCN2CCN(c3ncccn3)CC2)nc1=O.O=C(O)C=CC(=O)O. The molecular formula is C22H31N7O6. The van der Waals surface area contributed by atoms with Gasteiger partial charge in [-0.05, 0) is 31.9 Å². The third kappa shape index (κ3) is 10.7. The molecule has 0 unspecified atom stereocenters. The summed E-state index contributed by atoms with van der Waals surface area (Å²) in [6.45, 7) is 8.08. The summed E-state index contributed by atoms with van der Waals surface area (Å²) in [6.07, 6.45) is 9.01. The van der Waals surface area contributed by atoms with E-state index in [-0.39, 0.29) is 5.69 Å². The number of hydrogen-bond acceptors (Lipinski definition) is 10. The monoisotopic (exact) mass is 489 g/mol. The van der Waals surface area contributed by atoms with E-state index in [0.29, 0.717) is 31.2 Å². The number of piperazine rings is 1. The average molecular weight is 490 g/mol. The maximum Gasteiger partial charge on any atom is 0.367 e. The Balaban J connectivity index is 0.000000466. The van der Waals surface area contributed by atoms with Gasteiger partial charge >= 0.3 is 17.6 Å². The van der Waals surface area contributed by atoms with Gasteiger partial charge in [0.2, 0.25) is 11.8 Å². The average Bonchev–Trinajstić information content (AvgIpc) is 2.85. The van der Waals surface area contributed by atoms with Crippen molar-refractivity contribution in [3.05, 3.63) is 47.3 Å². The first kappa shape index (κ1) is 27.4. The summed E-state index contributed by atoms with van der Waals surface area (Å²) >= 11 is 0. The predicted octanol–water partition coefficient (Wildman–Crippen LogP) is 0.531. The molecule has 0 atom stereocenters. The first-order valence-corrected chi connectivity index (χ1v) is 11.3. The van der Waals surface area contributed by atoms with E-state index in [1.54, 1.807) is 12.4 Å². The lowest BCUT2D eigenvalue weighted by molar-refractivity contribution is -0.134. The van der Waals surface area contributed by atoms with Gasteiger partial charge in [-0.25, -0.2) is 29.0 Å². The van der Waals surface area contributed by atoms with Gasteiger partial charge < -0.3 is 19.8 Å². The minimum Gasteiger partial charge on any atom is -0.478 e. The highest BCUT2D eigenvalue weighted by molar-refractivity contribution is 5.89. The fourth-order valence-corrected chi connectivity index (χ4v) is 3.17. The summed E-state index contributed by atoms with van der Waals surface area (Å²) in [6, 6.07) is 1.84. The molecule has 2 aromatic rings. The molecule has 0 radical (unpaired) electrons. The molecule has 13 nitrogen and oxygen atoms in total. The first-order valence-electron chi connectivity index (χ1n) is 11.3. The molecule has 0 saturated carbocycles. The van der Waals surface area contributed by atoms with E-state index < -0.39 is 11.9 Å². The largest absolute Gasteiger partial charge is 0.478 e. The minimum atomic E-state index is -1.26. The highest BCUT2D eigenvalue weighted by atomic mass is 16.5. The minimum absolute atomic E-state index is 0.309. The number of carboxylic acids is 2. The third-order valence-electron chi connectivity index (χ3n) is 4.86. The highest BCUT2D eigenvalue weighted by Gasteiger charge is 2.18. The van der Waals surface area contributed by atoms with Crippen LogP contribution in [-0.2, 0) is 16.1 Å². The standard InChI is InChI=1S/C18H27N7O2.C4H4O4/c1-2-8-25-18(26)22-16(15-21-25)27-14-4-3-9-23-10-12-24(13-11-23)17-19-6-5-7-20-17;5-3(6)1-2-4(7)8/h5-7,15H,2-4,8-14H2,1H3;1-2H,(H,5,6)(H,7,8). The zero-order valence-electron chi connectivity index (χ0n) is 19.7. The van der Waals surface area contributed by atoms with Crippen LogP contribution in [0.4, 0.5) is 5.95 Å². The lowest BCUT2D eigenvalue weighted by atomic mass is 10.2. The van der Waals surface area contributed by atoms with Crippen molar-refractivity contribution in [2.24, 2.45) is 0 Å². The van der Waals surface area contributed by atoms with Crippen LogP contribution in [0.2, 0.25) is 0 Å². The second kappa shape index (κ2) is 15.1. The normalized spacial score (nSPS) is 13.8. The molecule has 0 bridgehead atoms. The molecular weight excluding hydrogens is 458 g/mol. The summed E-state index contributed by atoms with van der Waals surface area (Å²) in [5.41, 5.74) is -0.352. The number of aryl methyl sites for hydroxylation is 1. The van der Waals surface area contributed by atoms with Gasteiger partial charge in [-0.1, -0.05) is 6.92 Å². The number of carboxylic acid groups (broad SMARTS) is 2. The van der Waals surface area contributed by atoms with Gasteiger partial charge in [0.15, 0.2) is 0 Å². The fraction of sp³-hybridized carbons (Fsp3) is 0.500. The number of hydrogen-bond donors (Lipinski definition) is 2. The van der Waals surface area contributed by atoms with Crippen molar-refractivity contribution in [3.8, 4) is 5.88 Å². The molecule has 1 saturated heterocycles. The Hall–Kier alpha value is -3.87. The number of aromatic nitrogens is 5. The highest BCUT2D eigenvalue weighted by Crippen LogP contribution is 2.10. The van der Waals surface area contributed by atoms with Crippen LogP contribution in [0, 0.1) is 0 Å². The number of rotatable bonds is 11. The number of anilines is 1. The molecule has 190 valence electrons. The molecule has 1 aliphatic heterocycles. The van der Waals surface area contributed by atoms with E-state index in [0.717, 1.165) is 57.9 Å². The van der Waals surface area contributed by atoms with Crippen LogP contribution in [0.1, 0.15) is 26.2 Å². The van der Waals surface area contributed by atoms with Crippen molar-refractivity contribution >= 4 is 17.9 Å². The van der Waals surface area contributed by atoms with E-state index in [4.69, 9.17) is 14.9 Å². The van der Waals surface area contributed by atoms with Gasteiger partial charge in [-0.3, -0.25) is 4.90 Å². The van der Waals surface area contributed by atoms with Crippen LogP contribution in [-0.4, -0.2) is 91.1 Å². The number of unbranched alkanes of at least 4 members (excludes halogenated alkanes) is 1. The molecule has 0 spiro atoms. The summed E-state index contributed by atoms with van der Waals surface area (Å²) in [7, 11) is 0. The number of ether oxygens (including phenoxy) is 1.